The van der Waals surface area contributed by atoms with Gasteiger partial charge in [-0.3, -0.25) is 0 Å². The minimum Gasteiger partial charge on any atom is -0.493 e. The van der Waals surface area contributed by atoms with Crippen LogP contribution in [0.2, 0.25) is 0 Å². The van der Waals surface area contributed by atoms with E-state index in [1.54, 1.807) is 7.11 Å². The molecule has 1 rings (SSSR count). The molecule has 0 unspecified atom stereocenters. The molecule has 0 fully saturated rings. The molecular formula is C15H25NO2S. The topological polar surface area (TPSA) is 30.5 Å². The Morgan fingerprint density at radius 2 is 2.05 bits per heavy atom. The SMILES string of the molecule is COc1cc(CNCCCSC)ccc1OC(C)C. The van der Waals surface area contributed by atoms with Crippen molar-refractivity contribution in [3.63, 3.8) is 0 Å². The Morgan fingerprint density at radius 3 is 2.68 bits per heavy atom. The van der Waals surface area contributed by atoms with Crippen molar-refractivity contribution in [2.45, 2.75) is 32.9 Å². The van der Waals surface area contributed by atoms with E-state index in [9.17, 15) is 0 Å². The smallest absolute Gasteiger partial charge is 0.161 e. The third-order valence-electron chi connectivity index (χ3n) is 2.62. The normalized spacial score (nSPS) is 10.8. The van der Waals surface area contributed by atoms with Crippen LogP contribution in [0.15, 0.2) is 18.2 Å². The van der Waals surface area contributed by atoms with E-state index in [2.05, 4.69) is 17.6 Å². The Kier molecular flexibility index (Phi) is 7.75. The molecule has 1 aromatic rings. The van der Waals surface area contributed by atoms with Crippen molar-refractivity contribution in [3.8, 4) is 11.5 Å². The van der Waals surface area contributed by atoms with Crippen molar-refractivity contribution in [1.82, 2.24) is 5.32 Å². The van der Waals surface area contributed by atoms with Crippen LogP contribution in [0.5, 0.6) is 11.5 Å². The summed E-state index contributed by atoms with van der Waals surface area (Å²) in [7, 11) is 1.68. The Hall–Kier alpha value is -0.870. The fourth-order valence-corrected chi connectivity index (χ4v) is 2.18. The van der Waals surface area contributed by atoms with Crippen LogP contribution in [0.25, 0.3) is 0 Å². The largest absolute Gasteiger partial charge is 0.493 e. The summed E-state index contributed by atoms with van der Waals surface area (Å²) in [6, 6.07) is 6.11. The molecule has 0 aliphatic rings. The maximum Gasteiger partial charge on any atom is 0.161 e. The zero-order valence-corrected chi connectivity index (χ0v) is 13.2. The fraction of sp³-hybridized carbons (Fsp3) is 0.600. The van der Waals surface area contributed by atoms with E-state index >= 15 is 0 Å². The van der Waals surface area contributed by atoms with Crippen LogP contribution < -0.4 is 14.8 Å². The average molecular weight is 283 g/mol. The van der Waals surface area contributed by atoms with Gasteiger partial charge in [-0.1, -0.05) is 6.07 Å². The molecule has 0 saturated carbocycles. The van der Waals surface area contributed by atoms with E-state index in [0.29, 0.717) is 0 Å². The summed E-state index contributed by atoms with van der Waals surface area (Å²) < 4.78 is 11.1. The molecule has 19 heavy (non-hydrogen) atoms. The number of methoxy groups -OCH3 is 1. The van der Waals surface area contributed by atoms with Gasteiger partial charge in [0.05, 0.1) is 13.2 Å². The Balaban J connectivity index is 2.51. The number of hydrogen-bond donors (Lipinski definition) is 1. The lowest BCUT2D eigenvalue weighted by atomic mass is 10.2. The van der Waals surface area contributed by atoms with Crippen LogP contribution >= 0.6 is 11.8 Å². The van der Waals surface area contributed by atoms with E-state index in [1.807, 2.05) is 37.7 Å². The van der Waals surface area contributed by atoms with Gasteiger partial charge in [-0.05, 0) is 56.5 Å². The molecule has 0 heterocycles. The number of ether oxygens (including phenoxy) is 2. The molecule has 0 aliphatic heterocycles. The average Bonchev–Trinajstić information content (AvgIpc) is 2.39. The van der Waals surface area contributed by atoms with Gasteiger partial charge in [0.1, 0.15) is 0 Å². The first-order valence-electron chi connectivity index (χ1n) is 6.70. The third-order valence-corrected chi connectivity index (χ3v) is 3.32. The maximum atomic E-state index is 5.70. The van der Waals surface area contributed by atoms with Crippen LogP contribution in [0.4, 0.5) is 0 Å². The summed E-state index contributed by atoms with van der Waals surface area (Å²) in [4.78, 5) is 0. The Labute approximate surface area is 121 Å². The standard InChI is InChI=1S/C15H25NO2S/c1-12(2)18-14-7-6-13(10-15(14)17-3)11-16-8-5-9-19-4/h6-7,10,12,16H,5,8-9,11H2,1-4H3. The molecular weight excluding hydrogens is 258 g/mol. The van der Waals surface area contributed by atoms with Crippen molar-refractivity contribution < 1.29 is 9.47 Å². The van der Waals surface area contributed by atoms with Crippen LogP contribution in [-0.2, 0) is 6.54 Å². The lowest BCUT2D eigenvalue weighted by Crippen LogP contribution is -2.15. The molecule has 4 heteroatoms. The van der Waals surface area contributed by atoms with Crippen molar-refractivity contribution in [3.05, 3.63) is 23.8 Å². The molecule has 0 radical (unpaired) electrons. The highest BCUT2D eigenvalue weighted by Gasteiger charge is 2.07. The number of nitrogens with one attached hydrogen (secondary N) is 1. The van der Waals surface area contributed by atoms with E-state index < -0.39 is 0 Å². The molecule has 0 atom stereocenters. The predicted molar refractivity (Wildman–Crippen MR) is 83.5 cm³/mol. The minimum absolute atomic E-state index is 0.157. The molecule has 0 amide bonds. The van der Waals surface area contributed by atoms with Crippen LogP contribution in [0.3, 0.4) is 0 Å². The molecule has 1 N–H and O–H groups in total. The maximum absolute atomic E-state index is 5.70. The third kappa shape index (κ3) is 6.21. The van der Waals surface area contributed by atoms with Crippen LogP contribution in [0, 0.1) is 0 Å². The summed E-state index contributed by atoms with van der Waals surface area (Å²) >= 11 is 1.89. The molecule has 0 aliphatic carbocycles. The second-order valence-electron chi connectivity index (χ2n) is 4.67. The molecule has 1 aromatic carbocycles. The highest BCUT2D eigenvalue weighted by molar-refractivity contribution is 7.98. The zero-order chi connectivity index (χ0) is 14.1. The summed E-state index contributed by atoms with van der Waals surface area (Å²) in [5.41, 5.74) is 1.22. The van der Waals surface area contributed by atoms with Gasteiger partial charge in [0, 0.05) is 6.54 Å². The quantitative estimate of drug-likeness (QED) is 0.704. The van der Waals surface area contributed by atoms with Crippen molar-refractivity contribution in [2.24, 2.45) is 0 Å². The second-order valence-corrected chi connectivity index (χ2v) is 5.66. The summed E-state index contributed by atoms with van der Waals surface area (Å²) in [6.07, 6.45) is 3.50. The Bertz CT molecular complexity index is 369. The summed E-state index contributed by atoms with van der Waals surface area (Å²) in [6.45, 7) is 5.95. The van der Waals surface area contributed by atoms with Gasteiger partial charge >= 0.3 is 0 Å². The van der Waals surface area contributed by atoms with Crippen molar-refractivity contribution in [2.75, 3.05) is 25.7 Å². The number of rotatable bonds is 9. The van der Waals surface area contributed by atoms with Crippen molar-refractivity contribution >= 4 is 11.8 Å². The molecule has 0 bridgehead atoms. The number of benzene rings is 1. The highest BCUT2D eigenvalue weighted by atomic mass is 32.2. The second kappa shape index (κ2) is 9.10. The predicted octanol–water partition coefficient (Wildman–Crippen LogP) is 3.33. The van der Waals surface area contributed by atoms with E-state index in [-0.39, 0.29) is 6.10 Å². The minimum atomic E-state index is 0.157. The van der Waals surface area contributed by atoms with E-state index in [1.165, 1.54) is 17.7 Å². The van der Waals surface area contributed by atoms with Gasteiger partial charge in [-0.15, -0.1) is 0 Å². The van der Waals surface area contributed by atoms with Crippen molar-refractivity contribution in [1.29, 1.82) is 0 Å². The van der Waals surface area contributed by atoms with Crippen LogP contribution in [0.1, 0.15) is 25.8 Å². The van der Waals surface area contributed by atoms with Gasteiger partial charge in [0.25, 0.3) is 0 Å². The number of thioether (sulfide) groups is 1. The van der Waals surface area contributed by atoms with Gasteiger partial charge < -0.3 is 14.8 Å². The lowest BCUT2D eigenvalue weighted by molar-refractivity contribution is 0.230. The molecule has 0 saturated heterocycles. The monoisotopic (exact) mass is 283 g/mol. The first-order chi connectivity index (χ1) is 9.17. The fourth-order valence-electron chi connectivity index (χ4n) is 1.75. The van der Waals surface area contributed by atoms with Gasteiger partial charge in [-0.2, -0.15) is 11.8 Å². The van der Waals surface area contributed by atoms with E-state index in [0.717, 1.165) is 24.6 Å². The zero-order valence-electron chi connectivity index (χ0n) is 12.4. The number of hydrogen-bond acceptors (Lipinski definition) is 4. The van der Waals surface area contributed by atoms with Gasteiger partial charge in [0.15, 0.2) is 11.5 Å². The molecule has 0 aromatic heterocycles. The highest BCUT2D eigenvalue weighted by Crippen LogP contribution is 2.28. The molecule has 0 spiro atoms. The van der Waals surface area contributed by atoms with Crippen LogP contribution in [-0.4, -0.2) is 31.8 Å². The first-order valence-corrected chi connectivity index (χ1v) is 8.10. The molecule has 3 nitrogen and oxygen atoms in total. The van der Waals surface area contributed by atoms with Gasteiger partial charge in [0.2, 0.25) is 0 Å². The van der Waals surface area contributed by atoms with E-state index in [4.69, 9.17) is 9.47 Å². The first kappa shape index (κ1) is 16.2. The summed E-state index contributed by atoms with van der Waals surface area (Å²) in [5, 5.41) is 3.44. The summed E-state index contributed by atoms with van der Waals surface area (Å²) in [5.74, 6) is 2.82. The lowest BCUT2D eigenvalue weighted by Gasteiger charge is -2.14. The Morgan fingerprint density at radius 1 is 1.26 bits per heavy atom. The molecule has 108 valence electrons. The van der Waals surface area contributed by atoms with Gasteiger partial charge in [-0.25, -0.2) is 0 Å².